The van der Waals surface area contributed by atoms with Crippen LogP contribution in [0.1, 0.15) is 37.7 Å². The summed E-state index contributed by atoms with van der Waals surface area (Å²) in [6, 6.07) is 11.2. The van der Waals surface area contributed by atoms with E-state index >= 15 is 0 Å². The number of carboxylic acids is 1. The Morgan fingerprint density at radius 2 is 2.11 bits per heavy atom. The molecule has 0 saturated carbocycles. The second-order valence-corrected chi connectivity index (χ2v) is 5.35. The van der Waals surface area contributed by atoms with Crippen LogP contribution < -0.4 is 0 Å². The van der Waals surface area contributed by atoms with Crippen molar-refractivity contribution in [3.05, 3.63) is 35.9 Å². The maximum atomic E-state index is 10.6. The van der Waals surface area contributed by atoms with Crippen molar-refractivity contribution in [2.24, 2.45) is 0 Å². The molecule has 19 heavy (non-hydrogen) atoms. The van der Waals surface area contributed by atoms with Gasteiger partial charge in [-0.05, 0) is 44.2 Å². The molecule has 0 aliphatic carbocycles. The number of aliphatic carboxylic acids is 1. The molecule has 1 aromatic rings. The van der Waals surface area contributed by atoms with Crippen LogP contribution in [0.25, 0.3) is 0 Å². The highest BCUT2D eigenvalue weighted by Crippen LogP contribution is 2.22. The second-order valence-electron chi connectivity index (χ2n) is 5.35. The highest BCUT2D eigenvalue weighted by Gasteiger charge is 2.23. The van der Waals surface area contributed by atoms with Gasteiger partial charge in [0.1, 0.15) is 0 Å². The van der Waals surface area contributed by atoms with Gasteiger partial charge in [-0.2, -0.15) is 0 Å². The van der Waals surface area contributed by atoms with Gasteiger partial charge in [-0.1, -0.05) is 30.3 Å². The number of aryl methyl sites for hydroxylation is 1. The molecule has 1 unspecified atom stereocenters. The third kappa shape index (κ3) is 4.67. The molecule has 104 valence electrons. The highest BCUT2D eigenvalue weighted by atomic mass is 16.4. The quantitative estimate of drug-likeness (QED) is 0.820. The smallest absolute Gasteiger partial charge is 0.304 e. The van der Waals surface area contributed by atoms with Crippen LogP contribution in [0.4, 0.5) is 0 Å². The van der Waals surface area contributed by atoms with E-state index in [1.165, 1.54) is 31.2 Å². The molecule has 1 atom stereocenters. The summed E-state index contributed by atoms with van der Waals surface area (Å²) in [7, 11) is 0. The van der Waals surface area contributed by atoms with E-state index < -0.39 is 5.97 Å². The maximum absolute atomic E-state index is 10.6. The molecule has 0 amide bonds. The van der Waals surface area contributed by atoms with Gasteiger partial charge in [-0.3, -0.25) is 9.69 Å². The summed E-state index contributed by atoms with van der Waals surface area (Å²) in [6.45, 7) is 1.79. The average Bonchev–Trinajstić information content (AvgIpc) is 2.85. The first-order valence-corrected chi connectivity index (χ1v) is 7.25. The molecule has 0 aromatic heterocycles. The molecule has 1 N–H and O–H groups in total. The zero-order valence-corrected chi connectivity index (χ0v) is 11.4. The van der Waals surface area contributed by atoms with Crippen molar-refractivity contribution in [1.29, 1.82) is 0 Å². The fourth-order valence-electron chi connectivity index (χ4n) is 2.94. The van der Waals surface area contributed by atoms with Gasteiger partial charge in [-0.25, -0.2) is 0 Å². The summed E-state index contributed by atoms with van der Waals surface area (Å²) >= 11 is 0. The first-order chi connectivity index (χ1) is 9.25. The van der Waals surface area contributed by atoms with Gasteiger partial charge in [0.05, 0.1) is 6.42 Å². The summed E-state index contributed by atoms with van der Waals surface area (Å²) in [4.78, 5) is 13.0. The first-order valence-electron chi connectivity index (χ1n) is 7.25. The zero-order valence-electron chi connectivity index (χ0n) is 11.4. The minimum absolute atomic E-state index is 0.273. The van der Waals surface area contributed by atoms with Crippen LogP contribution in [-0.2, 0) is 11.2 Å². The topological polar surface area (TPSA) is 40.5 Å². The lowest BCUT2D eigenvalue weighted by Gasteiger charge is -2.23. The molecule has 0 bridgehead atoms. The van der Waals surface area contributed by atoms with Crippen molar-refractivity contribution in [3.8, 4) is 0 Å². The zero-order chi connectivity index (χ0) is 13.5. The van der Waals surface area contributed by atoms with Crippen LogP contribution in [0.2, 0.25) is 0 Å². The number of hydrogen-bond acceptors (Lipinski definition) is 2. The number of benzene rings is 1. The number of nitrogens with zero attached hydrogens (tertiary/aromatic N) is 1. The minimum atomic E-state index is -0.685. The van der Waals surface area contributed by atoms with Crippen LogP contribution in [0, 0.1) is 0 Å². The Morgan fingerprint density at radius 1 is 1.32 bits per heavy atom. The van der Waals surface area contributed by atoms with Gasteiger partial charge in [0.2, 0.25) is 0 Å². The van der Waals surface area contributed by atoms with E-state index in [2.05, 4.69) is 29.2 Å². The molecule has 1 heterocycles. The number of rotatable bonds is 7. The Kier molecular flexibility index (Phi) is 5.40. The maximum Gasteiger partial charge on any atom is 0.304 e. The monoisotopic (exact) mass is 261 g/mol. The molecule has 3 heteroatoms. The van der Waals surface area contributed by atoms with Crippen LogP contribution in [-0.4, -0.2) is 35.1 Å². The molecule has 3 nitrogen and oxygen atoms in total. The highest BCUT2D eigenvalue weighted by molar-refractivity contribution is 5.66. The molecule has 1 aliphatic heterocycles. The van der Waals surface area contributed by atoms with E-state index in [1.54, 1.807) is 0 Å². The average molecular weight is 261 g/mol. The molecule has 2 rings (SSSR count). The van der Waals surface area contributed by atoms with E-state index in [1.807, 2.05) is 6.07 Å². The van der Waals surface area contributed by atoms with Crippen LogP contribution in [0.3, 0.4) is 0 Å². The van der Waals surface area contributed by atoms with Gasteiger partial charge in [0.25, 0.3) is 0 Å². The molecule has 0 spiro atoms. The molecular formula is C16H23NO2. The number of carboxylic acid groups (broad SMARTS) is 1. The Balaban J connectivity index is 1.71. The minimum Gasteiger partial charge on any atom is -0.481 e. The van der Waals surface area contributed by atoms with Gasteiger partial charge in [0, 0.05) is 12.6 Å². The fraction of sp³-hybridized carbons (Fsp3) is 0.562. The van der Waals surface area contributed by atoms with Crippen LogP contribution >= 0.6 is 0 Å². The number of likely N-dealkylation sites (tertiary alicyclic amines) is 1. The lowest BCUT2D eigenvalue weighted by molar-refractivity contribution is -0.137. The lowest BCUT2D eigenvalue weighted by atomic mass is 10.0. The Labute approximate surface area is 115 Å². The molecule has 0 radical (unpaired) electrons. The van der Waals surface area contributed by atoms with Gasteiger partial charge in [0.15, 0.2) is 0 Å². The molecule has 1 fully saturated rings. The molecule has 1 aliphatic rings. The Bertz CT molecular complexity index is 391. The standard InChI is InChI=1S/C16H23NO2/c18-16(19)11-13-17-12-5-10-15(17)9-4-8-14-6-2-1-3-7-14/h1-3,6-7,15H,4-5,8-13H2,(H,18,19). The largest absolute Gasteiger partial charge is 0.481 e. The van der Waals surface area contributed by atoms with E-state index in [9.17, 15) is 4.79 Å². The van der Waals surface area contributed by atoms with E-state index in [0.717, 1.165) is 13.0 Å². The predicted octanol–water partition coefficient (Wildman–Crippen LogP) is 2.95. The summed E-state index contributed by atoms with van der Waals surface area (Å²) < 4.78 is 0. The number of hydrogen-bond donors (Lipinski definition) is 1. The van der Waals surface area contributed by atoms with Crippen molar-refractivity contribution < 1.29 is 9.90 Å². The first kappa shape index (κ1) is 14.1. The van der Waals surface area contributed by atoms with Crippen LogP contribution in [0.15, 0.2) is 30.3 Å². The summed E-state index contributed by atoms with van der Waals surface area (Å²) in [5, 5.41) is 8.76. The molecule has 1 aromatic carbocycles. The van der Waals surface area contributed by atoms with Crippen molar-refractivity contribution in [3.63, 3.8) is 0 Å². The van der Waals surface area contributed by atoms with Crippen molar-refractivity contribution >= 4 is 5.97 Å². The third-order valence-corrected chi connectivity index (χ3v) is 3.96. The third-order valence-electron chi connectivity index (χ3n) is 3.96. The summed E-state index contributed by atoms with van der Waals surface area (Å²) in [5.74, 6) is -0.685. The summed E-state index contributed by atoms with van der Waals surface area (Å²) in [6.07, 6.45) is 6.23. The van der Waals surface area contributed by atoms with Gasteiger partial charge < -0.3 is 5.11 Å². The normalized spacial score (nSPS) is 19.7. The molecule has 1 saturated heterocycles. The van der Waals surface area contributed by atoms with Crippen molar-refractivity contribution in [2.45, 2.75) is 44.6 Å². The van der Waals surface area contributed by atoms with Crippen molar-refractivity contribution in [2.75, 3.05) is 13.1 Å². The second kappa shape index (κ2) is 7.29. The summed E-state index contributed by atoms with van der Waals surface area (Å²) in [5.41, 5.74) is 1.40. The van der Waals surface area contributed by atoms with Crippen molar-refractivity contribution in [1.82, 2.24) is 4.90 Å². The Hall–Kier alpha value is -1.35. The SMILES string of the molecule is O=C(O)CCN1CCCC1CCCc1ccccc1. The fourth-order valence-corrected chi connectivity index (χ4v) is 2.94. The Morgan fingerprint density at radius 3 is 2.84 bits per heavy atom. The molecular weight excluding hydrogens is 238 g/mol. The lowest BCUT2D eigenvalue weighted by Crippen LogP contribution is -2.31. The van der Waals surface area contributed by atoms with E-state index in [4.69, 9.17) is 5.11 Å². The van der Waals surface area contributed by atoms with E-state index in [0.29, 0.717) is 12.6 Å². The van der Waals surface area contributed by atoms with Crippen LogP contribution in [0.5, 0.6) is 0 Å². The van der Waals surface area contributed by atoms with E-state index in [-0.39, 0.29) is 6.42 Å². The predicted molar refractivity (Wildman–Crippen MR) is 76.2 cm³/mol. The number of carbonyl (C=O) groups is 1. The van der Waals surface area contributed by atoms with Gasteiger partial charge >= 0.3 is 5.97 Å². The van der Waals surface area contributed by atoms with Gasteiger partial charge in [-0.15, -0.1) is 0 Å².